The highest BCUT2D eigenvalue weighted by atomic mass is 16.7. The number of ether oxygens (including phenoxy) is 6. The molecule has 3 aliphatic heterocycles. The minimum atomic E-state index is -1.84. The molecule has 1 aromatic carbocycles. The summed E-state index contributed by atoms with van der Waals surface area (Å²) in [5, 5.41) is 63.4. The van der Waals surface area contributed by atoms with E-state index in [0.717, 1.165) is 32.4 Å². The molecule has 0 aliphatic carbocycles. The molecule has 3 fully saturated rings. The Balaban J connectivity index is 1.71. The summed E-state index contributed by atoms with van der Waals surface area (Å²) in [4.78, 5) is 18.6. The number of nitrogens with one attached hydrogen (secondary N) is 1. The molecule has 0 bridgehead atoms. The molecule has 15 heteroatoms. The smallest absolute Gasteiger partial charge is 0.311 e. The van der Waals surface area contributed by atoms with Gasteiger partial charge >= 0.3 is 5.97 Å². The second-order valence-corrected chi connectivity index (χ2v) is 20.4. The topological polar surface area (TPSA) is 192 Å². The van der Waals surface area contributed by atoms with Crippen LogP contribution in [0.4, 0.5) is 0 Å². The van der Waals surface area contributed by atoms with Crippen molar-refractivity contribution in [3.63, 3.8) is 0 Å². The molecule has 4 rings (SSSR count). The van der Waals surface area contributed by atoms with E-state index in [1.165, 1.54) is 19.6 Å². The first-order chi connectivity index (χ1) is 30.0. The van der Waals surface area contributed by atoms with E-state index in [1.54, 1.807) is 34.6 Å². The Bertz CT molecular complexity index is 1540. The molecule has 64 heavy (non-hydrogen) atoms. The number of aliphatic hydroxyl groups excluding tert-OH is 3. The Morgan fingerprint density at radius 1 is 0.906 bits per heavy atom. The summed E-state index contributed by atoms with van der Waals surface area (Å²) in [6.07, 6.45) is -5.67. The lowest BCUT2D eigenvalue weighted by Gasteiger charge is -2.48. The average molecular weight is 910 g/mol. The predicted octanol–water partition coefficient (Wildman–Crippen LogP) is 3.88. The lowest BCUT2D eigenvalue weighted by atomic mass is 9.77. The van der Waals surface area contributed by atoms with Crippen molar-refractivity contribution in [1.29, 1.82) is 0 Å². The van der Waals surface area contributed by atoms with Crippen molar-refractivity contribution >= 4 is 5.97 Å². The van der Waals surface area contributed by atoms with E-state index in [0.29, 0.717) is 19.5 Å². The van der Waals surface area contributed by atoms with Crippen LogP contribution in [0.2, 0.25) is 0 Å². The molecule has 1 aromatic rings. The number of rotatable bonds is 15. The molecule has 18 atom stereocenters. The van der Waals surface area contributed by atoms with Crippen molar-refractivity contribution in [2.24, 2.45) is 17.8 Å². The SMILES string of the molecule is CC[C@H]1OC(=O)[C@H](C)[C@@H](O[C@H]2C[C@@](C)(OC)[C@@H](O)[C@H](C)O2)[C@H](C)[C@@H](O[C@@H]2O[C@H](C)C[C@H](N(C)C)[C@H]2O)[C@](C)(O)C[C@@H](C)CN(CCCNCCCc2ccccc2)[C@H](C)[C@@H](O)[C@]1(C)O. The fourth-order valence-corrected chi connectivity index (χ4v) is 10.5. The van der Waals surface area contributed by atoms with Crippen molar-refractivity contribution in [2.75, 3.05) is 47.4 Å². The Kier molecular flexibility index (Phi) is 20.5. The zero-order chi connectivity index (χ0) is 47.7. The van der Waals surface area contributed by atoms with Crippen LogP contribution in [-0.4, -0.2) is 179 Å². The Morgan fingerprint density at radius 2 is 1.56 bits per heavy atom. The van der Waals surface area contributed by atoms with Gasteiger partial charge in [0.05, 0.1) is 41.5 Å². The zero-order valence-electron chi connectivity index (χ0n) is 41.3. The van der Waals surface area contributed by atoms with Crippen molar-refractivity contribution in [3.05, 3.63) is 35.9 Å². The molecule has 0 unspecified atom stereocenters. The van der Waals surface area contributed by atoms with Crippen LogP contribution < -0.4 is 5.32 Å². The van der Waals surface area contributed by atoms with E-state index >= 15 is 0 Å². The van der Waals surface area contributed by atoms with Crippen LogP contribution in [0.1, 0.15) is 113 Å². The minimum absolute atomic E-state index is 0.126. The van der Waals surface area contributed by atoms with Gasteiger partial charge in [0.25, 0.3) is 0 Å². The standard InChI is InChI=1S/C49H87N3O12/c1-14-38-49(10,58)42(54)34(6)52(25-19-24-50-23-18-22-36-20-16-15-17-21-36)29-30(2)27-47(8,57)44(64-46-40(53)37(51(11)12)26-31(3)60-46)32(4)41(33(5)45(56)62-38)63-39-28-48(9,59-13)43(55)35(7)61-39/h15-17,20-21,30-35,37-44,46,50,53-55,57-58H,14,18-19,22-29H2,1-13H3/t30-,31-,32+,33-,34-,35+,37+,38-,39+,40-,41+,42-,43+,44-,46+,47-,48-,49-/m1/s1. The van der Waals surface area contributed by atoms with Gasteiger partial charge in [0.15, 0.2) is 12.6 Å². The number of methoxy groups -OCH3 is 1. The number of likely N-dealkylation sites (N-methyl/N-ethyl adjacent to an activating group) is 1. The summed E-state index contributed by atoms with van der Waals surface area (Å²) in [6.45, 7) is 20.6. The number of cyclic esters (lactones) is 1. The molecule has 3 heterocycles. The fraction of sp³-hybridized carbons (Fsp3) is 0.857. The van der Waals surface area contributed by atoms with Crippen LogP contribution in [0.15, 0.2) is 30.3 Å². The molecule has 3 aliphatic rings. The van der Waals surface area contributed by atoms with Gasteiger partial charge in [0.2, 0.25) is 0 Å². The maximum atomic E-state index is 14.5. The van der Waals surface area contributed by atoms with Gasteiger partial charge in [-0.2, -0.15) is 0 Å². The van der Waals surface area contributed by atoms with E-state index in [9.17, 15) is 30.3 Å². The number of carbonyl (C=O) groups is 1. The van der Waals surface area contributed by atoms with Gasteiger partial charge in [-0.1, -0.05) is 51.1 Å². The van der Waals surface area contributed by atoms with Crippen molar-refractivity contribution in [3.8, 4) is 0 Å². The third-order valence-corrected chi connectivity index (χ3v) is 14.5. The molecule has 3 saturated heterocycles. The molecule has 0 spiro atoms. The molecule has 15 nitrogen and oxygen atoms in total. The number of carbonyl (C=O) groups excluding carboxylic acids is 1. The normalized spacial score (nSPS) is 42.5. The highest BCUT2D eigenvalue weighted by molar-refractivity contribution is 5.73. The molecule has 6 N–H and O–H groups in total. The maximum absolute atomic E-state index is 14.5. The van der Waals surface area contributed by atoms with Crippen LogP contribution in [0.3, 0.4) is 0 Å². The van der Waals surface area contributed by atoms with Crippen LogP contribution in [0.5, 0.6) is 0 Å². The van der Waals surface area contributed by atoms with Crippen molar-refractivity contribution in [1.82, 2.24) is 15.1 Å². The van der Waals surface area contributed by atoms with Gasteiger partial charge in [0.1, 0.15) is 30.0 Å². The lowest BCUT2D eigenvalue weighted by Crippen LogP contribution is -2.60. The largest absolute Gasteiger partial charge is 0.459 e. The fourth-order valence-electron chi connectivity index (χ4n) is 10.5. The van der Waals surface area contributed by atoms with Gasteiger partial charge in [-0.3, -0.25) is 9.69 Å². The van der Waals surface area contributed by atoms with Gasteiger partial charge in [0, 0.05) is 38.1 Å². The first kappa shape index (κ1) is 54.8. The maximum Gasteiger partial charge on any atom is 0.311 e. The van der Waals surface area contributed by atoms with Crippen LogP contribution in [0.25, 0.3) is 0 Å². The third kappa shape index (κ3) is 13.9. The Labute approximate surface area is 384 Å². The lowest BCUT2D eigenvalue weighted by molar-refractivity contribution is -0.318. The Morgan fingerprint density at radius 3 is 2.19 bits per heavy atom. The number of benzene rings is 1. The third-order valence-electron chi connectivity index (χ3n) is 14.5. The van der Waals surface area contributed by atoms with Crippen LogP contribution in [-0.2, 0) is 39.6 Å². The van der Waals surface area contributed by atoms with E-state index in [2.05, 4.69) is 34.5 Å². The number of aliphatic hydroxyl groups is 5. The van der Waals surface area contributed by atoms with E-state index < -0.39 is 96.0 Å². The second kappa shape index (κ2) is 23.9. The Hall–Kier alpha value is -1.83. The molecular formula is C49H87N3O12. The first-order valence-electron chi connectivity index (χ1n) is 24.0. The first-order valence-corrected chi connectivity index (χ1v) is 24.0. The zero-order valence-corrected chi connectivity index (χ0v) is 41.3. The summed E-state index contributed by atoms with van der Waals surface area (Å²) < 4.78 is 38.1. The van der Waals surface area contributed by atoms with Crippen LogP contribution >= 0.6 is 0 Å². The number of aryl methyl sites for hydroxylation is 1. The molecule has 370 valence electrons. The summed E-state index contributed by atoms with van der Waals surface area (Å²) >= 11 is 0. The predicted molar refractivity (Wildman–Crippen MR) is 245 cm³/mol. The molecule has 0 amide bonds. The summed E-state index contributed by atoms with van der Waals surface area (Å²) in [5.74, 6) is -2.66. The summed E-state index contributed by atoms with van der Waals surface area (Å²) in [6, 6.07) is 9.56. The van der Waals surface area contributed by atoms with Gasteiger partial charge in [-0.05, 0) is 132 Å². The summed E-state index contributed by atoms with van der Waals surface area (Å²) in [5.41, 5.74) is -3.16. The summed E-state index contributed by atoms with van der Waals surface area (Å²) in [7, 11) is 5.31. The van der Waals surface area contributed by atoms with E-state index in [-0.39, 0.29) is 37.3 Å². The van der Waals surface area contributed by atoms with E-state index in [4.69, 9.17) is 28.4 Å². The van der Waals surface area contributed by atoms with Crippen molar-refractivity contribution < 1.29 is 58.7 Å². The van der Waals surface area contributed by atoms with E-state index in [1.807, 2.05) is 52.8 Å². The average Bonchev–Trinajstić information content (AvgIpc) is 3.24. The quantitative estimate of drug-likeness (QED) is 0.110. The van der Waals surface area contributed by atoms with Gasteiger partial charge in [-0.25, -0.2) is 0 Å². The van der Waals surface area contributed by atoms with Gasteiger partial charge in [-0.15, -0.1) is 0 Å². The van der Waals surface area contributed by atoms with Crippen LogP contribution in [0, 0.1) is 17.8 Å². The molecular weight excluding hydrogens is 823 g/mol. The highest BCUT2D eigenvalue weighted by Crippen LogP contribution is 2.40. The number of nitrogens with zero attached hydrogens (tertiary/aromatic N) is 2. The highest BCUT2D eigenvalue weighted by Gasteiger charge is 2.53. The number of esters is 1. The molecule has 0 saturated carbocycles. The minimum Gasteiger partial charge on any atom is -0.459 e. The molecule has 0 radical (unpaired) electrons. The number of hydrogen-bond donors (Lipinski definition) is 6. The van der Waals surface area contributed by atoms with Crippen molar-refractivity contribution in [2.45, 2.75) is 204 Å². The van der Waals surface area contributed by atoms with Gasteiger partial charge < -0.3 is 64.2 Å². The number of hydrogen-bond acceptors (Lipinski definition) is 15. The monoisotopic (exact) mass is 910 g/mol. The second-order valence-electron chi connectivity index (χ2n) is 20.4. The molecule has 0 aromatic heterocycles.